The van der Waals surface area contributed by atoms with Crippen LogP contribution in [-0.4, -0.2) is 18.2 Å². The lowest BCUT2D eigenvalue weighted by molar-refractivity contribution is -0.131. The third-order valence-corrected chi connectivity index (χ3v) is 2.89. The van der Waals surface area contributed by atoms with Crippen LogP contribution in [0.2, 0.25) is 0 Å². The Morgan fingerprint density at radius 1 is 1.14 bits per heavy atom. The van der Waals surface area contributed by atoms with Crippen LogP contribution in [0.25, 0.3) is 6.08 Å². The molecule has 2 aromatic carbocycles. The maximum atomic E-state index is 10.5. The first-order valence-electron chi connectivity index (χ1n) is 6.42. The largest absolute Gasteiger partial charge is 0.497 e. The van der Waals surface area contributed by atoms with E-state index in [9.17, 15) is 4.79 Å². The molecule has 4 nitrogen and oxygen atoms in total. The van der Waals surface area contributed by atoms with Crippen molar-refractivity contribution >= 4 is 12.0 Å². The topological polar surface area (TPSA) is 55.8 Å². The molecular formula is C17H16O4. The summed E-state index contributed by atoms with van der Waals surface area (Å²) in [4.78, 5) is 10.5. The van der Waals surface area contributed by atoms with E-state index in [-0.39, 0.29) is 0 Å². The molecule has 0 aliphatic heterocycles. The molecule has 21 heavy (non-hydrogen) atoms. The fourth-order valence-corrected chi connectivity index (χ4v) is 1.85. The average molecular weight is 284 g/mol. The van der Waals surface area contributed by atoms with Crippen LogP contribution in [0.4, 0.5) is 0 Å². The summed E-state index contributed by atoms with van der Waals surface area (Å²) >= 11 is 0. The van der Waals surface area contributed by atoms with Crippen LogP contribution in [0.1, 0.15) is 11.1 Å². The highest BCUT2D eigenvalue weighted by molar-refractivity contribution is 5.85. The number of methoxy groups -OCH3 is 1. The standard InChI is InChI=1S/C17H16O4/c1-12-10-13(7-9-17(18)19)6-8-16(12)21-15-5-3-4-14(11-15)20-2/h3-11H,1-2H3,(H,18,19). The maximum Gasteiger partial charge on any atom is 0.328 e. The van der Waals surface area contributed by atoms with Gasteiger partial charge >= 0.3 is 5.97 Å². The average Bonchev–Trinajstić information content (AvgIpc) is 2.48. The van der Waals surface area contributed by atoms with Crippen molar-refractivity contribution in [2.45, 2.75) is 6.92 Å². The van der Waals surface area contributed by atoms with Crippen LogP contribution < -0.4 is 9.47 Å². The van der Waals surface area contributed by atoms with Crippen LogP contribution in [0.15, 0.2) is 48.5 Å². The van der Waals surface area contributed by atoms with E-state index in [2.05, 4.69) is 0 Å². The fourth-order valence-electron chi connectivity index (χ4n) is 1.85. The van der Waals surface area contributed by atoms with Crippen molar-refractivity contribution in [3.05, 3.63) is 59.7 Å². The Kier molecular flexibility index (Phi) is 4.61. The summed E-state index contributed by atoms with van der Waals surface area (Å²) in [5.74, 6) is 1.16. The van der Waals surface area contributed by atoms with Crippen LogP contribution >= 0.6 is 0 Å². The molecule has 0 unspecified atom stereocenters. The monoisotopic (exact) mass is 284 g/mol. The van der Waals surface area contributed by atoms with Gasteiger partial charge in [-0.25, -0.2) is 4.79 Å². The maximum absolute atomic E-state index is 10.5. The van der Waals surface area contributed by atoms with Gasteiger partial charge < -0.3 is 14.6 Å². The Labute approximate surface area is 123 Å². The lowest BCUT2D eigenvalue weighted by Gasteiger charge is -2.10. The summed E-state index contributed by atoms with van der Waals surface area (Å²) in [6, 6.07) is 12.8. The van der Waals surface area contributed by atoms with Crippen molar-refractivity contribution < 1.29 is 19.4 Å². The van der Waals surface area contributed by atoms with Gasteiger partial charge in [-0.1, -0.05) is 12.1 Å². The number of benzene rings is 2. The molecule has 4 heteroatoms. The van der Waals surface area contributed by atoms with E-state index in [0.717, 1.165) is 28.7 Å². The smallest absolute Gasteiger partial charge is 0.328 e. The third-order valence-electron chi connectivity index (χ3n) is 2.89. The van der Waals surface area contributed by atoms with E-state index in [0.29, 0.717) is 5.75 Å². The van der Waals surface area contributed by atoms with Crippen LogP contribution in [0, 0.1) is 6.92 Å². The molecule has 108 valence electrons. The zero-order valence-corrected chi connectivity index (χ0v) is 11.9. The molecule has 0 amide bonds. The minimum absolute atomic E-state index is 0.686. The zero-order valence-electron chi connectivity index (χ0n) is 11.9. The Balaban J connectivity index is 2.19. The van der Waals surface area contributed by atoms with Gasteiger partial charge in [0.1, 0.15) is 17.2 Å². The van der Waals surface area contributed by atoms with E-state index < -0.39 is 5.97 Å². The Morgan fingerprint density at radius 2 is 1.90 bits per heavy atom. The minimum Gasteiger partial charge on any atom is -0.497 e. The first-order chi connectivity index (χ1) is 10.1. The number of carboxylic acid groups (broad SMARTS) is 1. The molecule has 1 N–H and O–H groups in total. The van der Waals surface area contributed by atoms with E-state index in [4.69, 9.17) is 14.6 Å². The van der Waals surface area contributed by atoms with Gasteiger partial charge in [0.2, 0.25) is 0 Å². The van der Waals surface area contributed by atoms with Crippen molar-refractivity contribution in [3.63, 3.8) is 0 Å². The number of carboxylic acids is 1. The Bertz CT molecular complexity index is 674. The molecule has 0 atom stereocenters. The molecule has 0 fully saturated rings. The summed E-state index contributed by atoms with van der Waals surface area (Å²) in [6.07, 6.45) is 2.65. The summed E-state index contributed by atoms with van der Waals surface area (Å²) in [6.45, 7) is 1.91. The first kappa shape index (κ1) is 14.7. The zero-order chi connectivity index (χ0) is 15.2. The molecule has 0 radical (unpaired) electrons. The molecule has 0 aromatic heterocycles. The minimum atomic E-state index is -0.968. The number of rotatable bonds is 5. The van der Waals surface area contributed by atoms with Gasteiger partial charge in [0.15, 0.2) is 0 Å². The van der Waals surface area contributed by atoms with Crippen LogP contribution in [0.5, 0.6) is 17.2 Å². The van der Waals surface area contributed by atoms with E-state index in [1.807, 2.05) is 43.3 Å². The summed E-state index contributed by atoms with van der Waals surface area (Å²) in [5, 5.41) is 8.62. The highest BCUT2D eigenvalue weighted by atomic mass is 16.5. The van der Waals surface area contributed by atoms with E-state index in [1.165, 1.54) is 0 Å². The second kappa shape index (κ2) is 6.61. The molecular weight excluding hydrogens is 268 g/mol. The predicted molar refractivity (Wildman–Crippen MR) is 80.9 cm³/mol. The van der Waals surface area contributed by atoms with E-state index in [1.54, 1.807) is 19.3 Å². The highest BCUT2D eigenvalue weighted by Crippen LogP contribution is 2.28. The summed E-state index contributed by atoms with van der Waals surface area (Å²) in [7, 11) is 1.61. The van der Waals surface area contributed by atoms with Gasteiger partial charge in [-0.15, -0.1) is 0 Å². The predicted octanol–water partition coefficient (Wildman–Crippen LogP) is 3.89. The van der Waals surface area contributed by atoms with Gasteiger partial charge in [0, 0.05) is 12.1 Å². The molecule has 2 rings (SSSR count). The van der Waals surface area contributed by atoms with Crippen molar-refractivity contribution in [2.24, 2.45) is 0 Å². The number of hydrogen-bond donors (Lipinski definition) is 1. The molecule has 0 saturated heterocycles. The fraction of sp³-hybridized carbons (Fsp3) is 0.118. The SMILES string of the molecule is COc1cccc(Oc2ccc(C=CC(=O)O)cc2C)c1. The first-order valence-corrected chi connectivity index (χ1v) is 6.42. The van der Waals surface area contributed by atoms with Crippen molar-refractivity contribution in [1.29, 1.82) is 0 Å². The second-order valence-electron chi connectivity index (χ2n) is 4.48. The second-order valence-corrected chi connectivity index (χ2v) is 4.48. The van der Waals surface area contributed by atoms with E-state index >= 15 is 0 Å². The highest BCUT2D eigenvalue weighted by Gasteiger charge is 2.03. The molecule has 0 bridgehead atoms. The van der Waals surface area contributed by atoms with Gasteiger partial charge in [-0.3, -0.25) is 0 Å². The molecule has 0 spiro atoms. The molecule has 2 aromatic rings. The van der Waals surface area contributed by atoms with Gasteiger partial charge in [-0.05, 0) is 48.4 Å². The summed E-state index contributed by atoms with van der Waals surface area (Å²) < 4.78 is 11.0. The Hall–Kier alpha value is -2.75. The number of aliphatic carboxylic acids is 1. The Morgan fingerprint density at radius 3 is 2.57 bits per heavy atom. The number of aryl methyl sites for hydroxylation is 1. The van der Waals surface area contributed by atoms with Gasteiger partial charge in [0.05, 0.1) is 7.11 Å². The van der Waals surface area contributed by atoms with Gasteiger partial charge in [0.25, 0.3) is 0 Å². The van der Waals surface area contributed by atoms with Crippen molar-refractivity contribution in [3.8, 4) is 17.2 Å². The molecule has 0 aliphatic carbocycles. The molecule has 0 heterocycles. The lowest BCUT2D eigenvalue weighted by Crippen LogP contribution is -1.90. The normalized spacial score (nSPS) is 10.6. The van der Waals surface area contributed by atoms with Crippen molar-refractivity contribution in [1.82, 2.24) is 0 Å². The van der Waals surface area contributed by atoms with Crippen LogP contribution in [0.3, 0.4) is 0 Å². The summed E-state index contributed by atoms with van der Waals surface area (Å²) in [5.41, 5.74) is 1.73. The number of ether oxygens (including phenoxy) is 2. The number of carbonyl (C=O) groups is 1. The lowest BCUT2D eigenvalue weighted by atomic mass is 10.1. The third kappa shape index (κ3) is 4.11. The molecule has 0 aliphatic rings. The van der Waals surface area contributed by atoms with Crippen LogP contribution in [-0.2, 0) is 4.79 Å². The van der Waals surface area contributed by atoms with Crippen molar-refractivity contribution in [2.75, 3.05) is 7.11 Å². The number of hydrogen-bond acceptors (Lipinski definition) is 3. The molecule has 0 saturated carbocycles. The quantitative estimate of drug-likeness (QED) is 0.846. The van der Waals surface area contributed by atoms with Gasteiger partial charge in [-0.2, -0.15) is 0 Å².